The average Bonchev–Trinajstić information content (AvgIpc) is 1.85. The normalized spacial score (nSPS) is 31.3. The Hall–Kier alpha value is -0.790. The van der Waals surface area contributed by atoms with Crippen molar-refractivity contribution in [1.82, 2.24) is 0 Å². The van der Waals surface area contributed by atoms with Crippen LogP contribution >= 0.6 is 0 Å². The minimum absolute atomic E-state index is 0.435. The number of aliphatic carboxylic acids is 1. The molecule has 0 aromatic heterocycles. The van der Waals surface area contributed by atoms with Crippen LogP contribution in [0, 0.1) is 11.8 Å². The highest BCUT2D eigenvalue weighted by atomic mass is 16.4. The van der Waals surface area contributed by atoms with E-state index in [0.717, 1.165) is 12.8 Å². The van der Waals surface area contributed by atoms with Crippen molar-refractivity contribution in [2.24, 2.45) is 11.8 Å². The van der Waals surface area contributed by atoms with Gasteiger partial charge in [-0.1, -0.05) is 19.9 Å². The van der Waals surface area contributed by atoms with Gasteiger partial charge in [-0.3, -0.25) is 0 Å². The van der Waals surface area contributed by atoms with E-state index in [9.17, 15) is 4.79 Å². The summed E-state index contributed by atoms with van der Waals surface area (Å²) in [5, 5.41) is 8.71. The van der Waals surface area contributed by atoms with E-state index in [2.05, 4.69) is 13.8 Å². The van der Waals surface area contributed by atoms with Crippen LogP contribution in [0.4, 0.5) is 0 Å². The Kier molecular flexibility index (Phi) is 2.32. The molecular weight excluding hydrogens is 140 g/mol. The summed E-state index contributed by atoms with van der Waals surface area (Å²) in [6.45, 7) is 4.17. The third-order valence-electron chi connectivity index (χ3n) is 2.10. The fourth-order valence-electron chi connectivity index (χ4n) is 1.73. The number of rotatable bonds is 1. The zero-order valence-corrected chi connectivity index (χ0v) is 7.00. The highest BCUT2D eigenvalue weighted by Crippen LogP contribution is 2.27. The zero-order valence-electron chi connectivity index (χ0n) is 7.00. The van der Waals surface area contributed by atoms with Crippen molar-refractivity contribution in [3.8, 4) is 0 Å². The first-order valence-corrected chi connectivity index (χ1v) is 4.03. The molecule has 0 fully saturated rings. The Labute approximate surface area is 66.9 Å². The summed E-state index contributed by atoms with van der Waals surface area (Å²) in [7, 11) is 0. The maximum atomic E-state index is 10.6. The van der Waals surface area contributed by atoms with Crippen LogP contribution in [0.1, 0.15) is 26.7 Å². The molecule has 0 amide bonds. The molecule has 0 spiro atoms. The number of hydrogen-bond acceptors (Lipinski definition) is 1. The smallest absolute Gasteiger partial charge is 0.331 e. The minimum Gasteiger partial charge on any atom is -0.478 e. The summed E-state index contributed by atoms with van der Waals surface area (Å²) in [5.74, 6) is 0.217. The second kappa shape index (κ2) is 3.07. The quantitative estimate of drug-likeness (QED) is 0.627. The van der Waals surface area contributed by atoms with Crippen LogP contribution in [0.25, 0.3) is 0 Å². The van der Waals surface area contributed by atoms with Gasteiger partial charge in [0.2, 0.25) is 0 Å². The van der Waals surface area contributed by atoms with Crippen molar-refractivity contribution < 1.29 is 9.90 Å². The SMILES string of the molecule is CC1C=C(C(=O)O)CC(C)C1. The van der Waals surface area contributed by atoms with Crippen molar-refractivity contribution in [3.63, 3.8) is 0 Å². The van der Waals surface area contributed by atoms with E-state index in [4.69, 9.17) is 5.11 Å². The summed E-state index contributed by atoms with van der Waals surface area (Å²) in [5.41, 5.74) is 0.594. The fourth-order valence-corrected chi connectivity index (χ4v) is 1.73. The van der Waals surface area contributed by atoms with E-state index in [1.165, 1.54) is 0 Å². The molecule has 0 aromatic carbocycles. The molecule has 1 aliphatic rings. The van der Waals surface area contributed by atoms with Crippen molar-refractivity contribution >= 4 is 5.97 Å². The molecule has 1 N–H and O–H groups in total. The fraction of sp³-hybridized carbons (Fsp3) is 0.667. The lowest BCUT2D eigenvalue weighted by molar-refractivity contribution is -0.133. The molecule has 0 radical (unpaired) electrons. The molecule has 0 bridgehead atoms. The second-order valence-electron chi connectivity index (χ2n) is 3.52. The first kappa shape index (κ1) is 8.31. The molecule has 0 saturated heterocycles. The number of hydrogen-bond donors (Lipinski definition) is 1. The molecule has 0 aromatic rings. The maximum absolute atomic E-state index is 10.6. The maximum Gasteiger partial charge on any atom is 0.331 e. The number of allylic oxidation sites excluding steroid dienone is 1. The van der Waals surface area contributed by atoms with Gasteiger partial charge in [-0.05, 0) is 24.7 Å². The van der Waals surface area contributed by atoms with Gasteiger partial charge in [0.25, 0.3) is 0 Å². The monoisotopic (exact) mass is 154 g/mol. The van der Waals surface area contributed by atoms with Gasteiger partial charge in [-0.2, -0.15) is 0 Å². The Balaban J connectivity index is 2.72. The standard InChI is InChI=1S/C9H14O2/c1-6-3-7(2)5-8(4-6)9(10)11/h4,6-7H,3,5H2,1-2H3,(H,10,11). The topological polar surface area (TPSA) is 37.3 Å². The predicted octanol–water partition coefficient (Wildman–Crippen LogP) is 2.06. The van der Waals surface area contributed by atoms with Gasteiger partial charge in [0.05, 0.1) is 0 Å². The highest BCUT2D eigenvalue weighted by Gasteiger charge is 2.19. The molecule has 62 valence electrons. The Bertz CT molecular complexity index is 194. The molecule has 2 nitrogen and oxygen atoms in total. The van der Waals surface area contributed by atoms with Crippen molar-refractivity contribution in [1.29, 1.82) is 0 Å². The summed E-state index contributed by atoms with van der Waals surface area (Å²) in [4.78, 5) is 10.6. The van der Waals surface area contributed by atoms with E-state index >= 15 is 0 Å². The molecule has 0 heterocycles. The van der Waals surface area contributed by atoms with Crippen molar-refractivity contribution in [3.05, 3.63) is 11.6 Å². The Morgan fingerprint density at radius 1 is 1.64 bits per heavy atom. The van der Waals surface area contributed by atoms with E-state index in [-0.39, 0.29) is 0 Å². The third-order valence-corrected chi connectivity index (χ3v) is 2.10. The number of carboxylic acid groups (broad SMARTS) is 1. The lowest BCUT2D eigenvalue weighted by Crippen LogP contribution is -2.14. The molecule has 0 aliphatic heterocycles. The molecule has 1 aliphatic carbocycles. The first-order chi connectivity index (χ1) is 5.09. The van der Waals surface area contributed by atoms with Crippen LogP contribution in [0.2, 0.25) is 0 Å². The van der Waals surface area contributed by atoms with Crippen molar-refractivity contribution in [2.75, 3.05) is 0 Å². The number of carboxylic acids is 1. The molecule has 2 heteroatoms. The lowest BCUT2D eigenvalue weighted by Gasteiger charge is -2.21. The van der Waals surface area contributed by atoms with Crippen LogP contribution in [0.15, 0.2) is 11.6 Å². The van der Waals surface area contributed by atoms with E-state index in [1.807, 2.05) is 6.08 Å². The van der Waals surface area contributed by atoms with Gasteiger partial charge < -0.3 is 5.11 Å². The molecule has 1 rings (SSSR count). The average molecular weight is 154 g/mol. The van der Waals surface area contributed by atoms with Gasteiger partial charge >= 0.3 is 5.97 Å². The van der Waals surface area contributed by atoms with Gasteiger partial charge in [0, 0.05) is 5.57 Å². The lowest BCUT2D eigenvalue weighted by atomic mass is 9.84. The van der Waals surface area contributed by atoms with Crippen LogP contribution in [-0.2, 0) is 4.79 Å². The summed E-state index contributed by atoms with van der Waals surface area (Å²) in [6, 6.07) is 0. The van der Waals surface area contributed by atoms with E-state index < -0.39 is 5.97 Å². The Morgan fingerprint density at radius 3 is 2.73 bits per heavy atom. The van der Waals surface area contributed by atoms with Crippen LogP contribution in [0.3, 0.4) is 0 Å². The Morgan fingerprint density at radius 2 is 2.27 bits per heavy atom. The first-order valence-electron chi connectivity index (χ1n) is 4.03. The molecule has 2 unspecified atom stereocenters. The van der Waals surface area contributed by atoms with E-state index in [1.54, 1.807) is 0 Å². The summed E-state index contributed by atoms with van der Waals surface area (Å²) >= 11 is 0. The summed E-state index contributed by atoms with van der Waals surface area (Å²) < 4.78 is 0. The predicted molar refractivity (Wildman–Crippen MR) is 43.3 cm³/mol. The molecule has 0 saturated carbocycles. The van der Waals surface area contributed by atoms with Crippen molar-refractivity contribution in [2.45, 2.75) is 26.7 Å². The molecular formula is C9H14O2. The van der Waals surface area contributed by atoms with Crippen LogP contribution in [0.5, 0.6) is 0 Å². The minimum atomic E-state index is -0.747. The number of carbonyl (C=O) groups is 1. The zero-order chi connectivity index (χ0) is 8.43. The van der Waals surface area contributed by atoms with E-state index in [0.29, 0.717) is 17.4 Å². The van der Waals surface area contributed by atoms with Gasteiger partial charge in [-0.15, -0.1) is 0 Å². The third kappa shape index (κ3) is 2.07. The molecule has 11 heavy (non-hydrogen) atoms. The highest BCUT2D eigenvalue weighted by molar-refractivity contribution is 5.86. The van der Waals surface area contributed by atoms with Crippen LogP contribution < -0.4 is 0 Å². The van der Waals surface area contributed by atoms with Crippen LogP contribution in [-0.4, -0.2) is 11.1 Å². The van der Waals surface area contributed by atoms with Gasteiger partial charge in [-0.25, -0.2) is 4.79 Å². The summed E-state index contributed by atoms with van der Waals surface area (Å²) in [6.07, 6.45) is 3.73. The van der Waals surface area contributed by atoms with Gasteiger partial charge in [0.1, 0.15) is 0 Å². The second-order valence-corrected chi connectivity index (χ2v) is 3.52. The molecule has 2 atom stereocenters. The largest absolute Gasteiger partial charge is 0.478 e. The van der Waals surface area contributed by atoms with Gasteiger partial charge in [0.15, 0.2) is 0 Å².